The largest absolute Gasteiger partial charge is 0.486 e. The van der Waals surface area contributed by atoms with Gasteiger partial charge in [-0.2, -0.15) is 13.2 Å². The highest BCUT2D eigenvalue weighted by atomic mass is 32.2. The number of hydrogen-bond donors (Lipinski definition) is 0. The molecule has 27 heavy (non-hydrogen) atoms. The maximum absolute atomic E-state index is 12.9. The second-order valence-corrected chi connectivity index (χ2v) is 7.93. The van der Waals surface area contributed by atoms with Crippen LogP contribution in [-0.4, -0.2) is 36.7 Å². The van der Waals surface area contributed by atoms with E-state index in [-0.39, 0.29) is 17.2 Å². The number of pyridine rings is 2. The molecule has 0 atom stereocenters. The molecule has 0 saturated heterocycles. The van der Waals surface area contributed by atoms with Crippen LogP contribution in [-0.2, 0) is 16.0 Å². The lowest BCUT2D eigenvalue weighted by Crippen LogP contribution is -2.20. The molecule has 0 amide bonds. The number of aromatic nitrogens is 2. The average Bonchev–Trinajstić information content (AvgIpc) is 2.58. The van der Waals surface area contributed by atoms with Crippen LogP contribution < -0.4 is 4.74 Å². The van der Waals surface area contributed by atoms with Crippen molar-refractivity contribution >= 4 is 9.84 Å². The van der Waals surface area contributed by atoms with Gasteiger partial charge in [0.15, 0.2) is 16.4 Å². The second-order valence-electron chi connectivity index (χ2n) is 5.68. The summed E-state index contributed by atoms with van der Waals surface area (Å²) in [6.45, 7) is 1.08. The summed E-state index contributed by atoms with van der Waals surface area (Å²) in [5, 5.41) is 0. The van der Waals surface area contributed by atoms with Gasteiger partial charge in [0.05, 0.1) is 22.5 Å². The lowest BCUT2D eigenvalue weighted by molar-refractivity contribution is -0.141. The molecule has 0 aliphatic carbocycles. The summed E-state index contributed by atoms with van der Waals surface area (Å²) in [6.07, 6.45) is -3.77. The summed E-state index contributed by atoms with van der Waals surface area (Å²) < 4.78 is 93.6. The SMILES string of the molecule is CCS(=O)(=O)c1ccc(C(F)(F)F)nc1-c1ccc(OCC(C)(F)F)cn1. The minimum atomic E-state index is -4.78. The van der Waals surface area contributed by atoms with Crippen LogP contribution in [0.1, 0.15) is 19.5 Å². The Balaban J connectivity index is 2.49. The second kappa shape index (κ2) is 7.37. The molecular weight excluding hydrogens is 395 g/mol. The van der Waals surface area contributed by atoms with Crippen molar-refractivity contribution in [2.45, 2.75) is 30.8 Å². The molecule has 0 aliphatic rings. The fourth-order valence-electron chi connectivity index (χ4n) is 2.01. The van der Waals surface area contributed by atoms with Gasteiger partial charge in [-0.3, -0.25) is 4.98 Å². The van der Waals surface area contributed by atoms with Gasteiger partial charge < -0.3 is 4.74 Å². The van der Waals surface area contributed by atoms with Gasteiger partial charge in [-0.15, -0.1) is 0 Å². The van der Waals surface area contributed by atoms with Gasteiger partial charge in [-0.25, -0.2) is 22.2 Å². The van der Waals surface area contributed by atoms with Crippen LogP contribution in [0.25, 0.3) is 11.4 Å². The van der Waals surface area contributed by atoms with E-state index in [0.717, 1.165) is 18.3 Å². The Labute approximate surface area is 152 Å². The zero-order valence-corrected chi connectivity index (χ0v) is 15.0. The predicted molar refractivity (Wildman–Crippen MR) is 86.3 cm³/mol. The highest BCUT2D eigenvalue weighted by Gasteiger charge is 2.34. The molecule has 2 rings (SSSR count). The number of nitrogens with zero attached hydrogens (tertiary/aromatic N) is 2. The standard InChI is InChI=1S/C16H15F5N2O3S/c1-3-27(24,25)12-6-7-13(16(19,20)21)23-14(12)11-5-4-10(8-22-11)26-9-15(2,17)18/h4-8H,3,9H2,1-2H3. The maximum Gasteiger partial charge on any atom is 0.433 e. The quantitative estimate of drug-likeness (QED) is 0.674. The van der Waals surface area contributed by atoms with E-state index in [9.17, 15) is 30.4 Å². The summed E-state index contributed by atoms with van der Waals surface area (Å²) in [4.78, 5) is 6.83. The number of halogens is 5. The normalized spacial score (nSPS) is 12.9. The number of rotatable bonds is 6. The first-order valence-corrected chi connectivity index (χ1v) is 9.27. The van der Waals surface area contributed by atoms with Crippen molar-refractivity contribution in [3.63, 3.8) is 0 Å². The van der Waals surface area contributed by atoms with Gasteiger partial charge in [-0.1, -0.05) is 6.92 Å². The summed E-state index contributed by atoms with van der Waals surface area (Å²) in [5.74, 6) is -3.48. The van der Waals surface area contributed by atoms with Gasteiger partial charge >= 0.3 is 6.18 Å². The molecule has 2 aromatic rings. The fourth-order valence-corrected chi connectivity index (χ4v) is 3.04. The van der Waals surface area contributed by atoms with Gasteiger partial charge in [0.25, 0.3) is 5.92 Å². The molecule has 2 heterocycles. The Hall–Kier alpha value is -2.30. The first-order valence-electron chi connectivity index (χ1n) is 7.61. The minimum absolute atomic E-state index is 0.0489. The van der Waals surface area contributed by atoms with Crippen LogP contribution in [0.3, 0.4) is 0 Å². The maximum atomic E-state index is 12.9. The van der Waals surface area contributed by atoms with Gasteiger partial charge in [0, 0.05) is 6.92 Å². The fraction of sp³-hybridized carbons (Fsp3) is 0.375. The average molecular weight is 410 g/mol. The molecule has 0 fully saturated rings. The molecule has 0 spiro atoms. The number of sulfone groups is 1. The van der Waals surface area contributed by atoms with Crippen LogP contribution in [0.2, 0.25) is 0 Å². The molecule has 0 radical (unpaired) electrons. The highest BCUT2D eigenvalue weighted by molar-refractivity contribution is 7.91. The third kappa shape index (κ3) is 5.34. The molecule has 11 heteroatoms. The van der Waals surface area contributed by atoms with E-state index in [1.165, 1.54) is 13.0 Å². The Morgan fingerprint density at radius 1 is 1.07 bits per heavy atom. The van der Waals surface area contributed by atoms with Crippen molar-refractivity contribution < 1.29 is 35.1 Å². The zero-order chi connectivity index (χ0) is 20.5. The molecule has 148 valence electrons. The zero-order valence-electron chi connectivity index (χ0n) is 14.2. The van der Waals surface area contributed by atoms with E-state index >= 15 is 0 Å². The molecular formula is C16H15F5N2O3S. The Morgan fingerprint density at radius 3 is 2.22 bits per heavy atom. The third-order valence-corrected chi connectivity index (χ3v) is 5.09. The van der Waals surface area contributed by atoms with Crippen LogP contribution in [0.15, 0.2) is 35.4 Å². The van der Waals surface area contributed by atoms with E-state index in [1.54, 1.807) is 0 Å². The van der Waals surface area contributed by atoms with Crippen LogP contribution in [0, 0.1) is 0 Å². The lowest BCUT2D eigenvalue weighted by atomic mass is 10.2. The van der Waals surface area contributed by atoms with E-state index in [0.29, 0.717) is 13.0 Å². The van der Waals surface area contributed by atoms with Crippen molar-refractivity contribution in [1.29, 1.82) is 0 Å². The van der Waals surface area contributed by atoms with Crippen molar-refractivity contribution in [2.75, 3.05) is 12.4 Å². The first kappa shape index (κ1) is 21.0. The van der Waals surface area contributed by atoms with Crippen LogP contribution in [0.5, 0.6) is 5.75 Å². The molecule has 2 aromatic heterocycles. The molecule has 5 nitrogen and oxygen atoms in total. The Bertz CT molecular complexity index is 907. The van der Waals surface area contributed by atoms with Crippen LogP contribution >= 0.6 is 0 Å². The summed E-state index contributed by atoms with van der Waals surface area (Å²) in [6, 6.07) is 3.75. The minimum Gasteiger partial charge on any atom is -0.486 e. The number of hydrogen-bond acceptors (Lipinski definition) is 5. The summed E-state index contributed by atoms with van der Waals surface area (Å²) >= 11 is 0. The molecule has 0 bridgehead atoms. The van der Waals surface area contributed by atoms with Crippen molar-refractivity contribution in [3.8, 4) is 17.1 Å². The molecule has 0 aromatic carbocycles. The molecule has 0 saturated carbocycles. The first-order chi connectivity index (χ1) is 12.3. The van der Waals surface area contributed by atoms with Crippen molar-refractivity contribution in [2.24, 2.45) is 0 Å². The summed E-state index contributed by atoms with van der Waals surface area (Å²) in [5.41, 5.74) is -1.91. The predicted octanol–water partition coefficient (Wildman–Crippen LogP) is 3.99. The monoisotopic (exact) mass is 410 g/mol. The smallest absolute Gasteiger partial charge is 0.433 e. The van der Waals surface area contributed by atoms with Gasteiger partial charge in [0.2, 0.25) is 0 Å². The molecule has 0 aliphatic heterocycles. The van der Waals surface area contributed by atoms with Crippen molar-refractivity contribution in [1.82, 2.24) is 9.97 Å². The highest BCUT2D eigenvalue weighted by Crippen LogP contribution is 2.33. The van der Waals surface area contributed by atoms with E-state index in [1.807, 2.05) is 0 Å². The summed E-state index contributed by atoms with van der Waals surface area (Å²) in [7, 11) is -3.88. The topological polar surface area (TPSA) is 69.2 Å². The van der Waals surface area contributed by atoms with E-state index in [4.69, 9.17) is 4.74 Å². The van der Waals surface area contributed by atoms with E-state index < -0.39 is 44.8 Å². The van der Waals surface area contributed by atoms with Gasteiger partial charge in [0.1, 0.15) is 17.1 Å². The lowest BCUT2D eigenvalue weighted by Gasteiger charge is -2.14. The Morgan fingerprint density at radius 2 is 1.74 bits per heavy atom. The van der Waals surface area contributed by atoms with E-state index in [2.05, 4.69) is 9.97 Å². The molecule has 0 unspecified atom stereocenters. The van der Waals surface area contributed by atoms with Crippen molar-refractivity contribution in [3.05, 3.63) is 36.2 Å². The molecule has 0 N–H and O–H groups in total. The Kier molecular flexibility index (Phi) is 5.74. The van der Waals surface area contributed by atoms with Gasteiger partial charge in [-0.05, 0) is 24.3 Å². The number of ether oxygens (including phenoxy) is 1. The van der Waals surface area contributed by atoms with Crippen LogP contribution in [0.4, 0.5) is 22.0 Å². The third-order valence-electron chi connectivity index (χ3n) is 3.34. The number of alkyl halides is 5.